The van der Waals surface area contributed by atoms with Crippen LogP contribution in [-0.2, 0) is 0 Å². The van der Waals surface area contributed by atoms with Gasteiger partial charge in [-0.2, -0.15) is 13.2 Å². The smallest absolute Gasteiger partial charge is 0.401 e. The van der Waals surface area contributed by atoms with Gasteiger partial charge in [-0.05, 0) is 31.7 Å². The quantitative estimate of drug-likeness (QED) is 0.898. The van der Waals surface area contributed by atoms with Crippen LogP contribution < -0.4 is 10.5 Å². The van der Waals surface area contributed by atoms with Crippen molar-refractivity contribution in [3.05, 3.63) is 29.8 Å². The van der Waals surface area contributed by atoms with Crippen molar-refractivity contribution in [2.75, 3.05) is 20.7 Å². The van der Waals surface area contributed by atoms with E-state index >= 15 is 0 Å². The van der Waals surface area contributed by atoms with E-state index in [-0.39, 0.29) is 0 Å². The standard InChI is InChI=1S/C13H19F3N2O/c1-9(17)12(18(2)8-13(14,15)16)10-5-4-6-11(7-10)19-3/h4-7,9,12H,8,17H2,1-3H3. The molecule has 19 heavy (non-hydrogen) atoms. The number of nitrogens with two attached hydrogens (primary N) is 1. The molecule has 0 radical (unpaired) electrons. The Balaban J connectivity index is 2.99. The summed E-state index contributed by atoms with van der Waals surface area (Å²) < 4.78 is 42.5. The monoisotopic (exact) mass is 276 g/mol. The van der Waals surface area contributed by atoms with E-state index in [4.69, 9.17) is 10.5 Å². The minimum Gasteiger partial charge on any atom is -0.497 e. The molecule has 2 N–H and O–H groups in total. The Morgan fingerprint density at radius 1 is 1.37 bits per heavy atom. The third-order valence-corrected chi connectivity index (χ3v) is 2.84. The van der Waals surface area contributed by atoms with Crippen LogP contribution >= 0.6 is 0 Å². The number of nitrogens with zero attached hydrogens (tertiary/aromatic N) is 1. The molecule has 1 rings (SSSR count). The van der Waals surface area contributed by atoms with E-state index in [0.717, 1.165) is 0 Å². The first-order valence-electron chi connectivity index (χ1n) is 5.91. The lowest BCUT2D eigenvalue weighted by Gasteiger charge is -2.32. The summed E-state index contributed by atoms with van der Waals surface area (Å²) in [5.74, 6) is 0.601. The Labute approximate surface area is 111 Å². The Kier molecular flexibility index (Phi) is 5.20. The number of rotatable bonds is 5. The van der Waals surface area contributed by atoms with E-state index in [1.807, 2.05) is 0 Å². The predicted molar refractivity (Wildman–Crippen MR) is 68.1 cm³/mol. The summed E-state index contributed by atoms with van der Waals surface area (Å²) in [7, 11) is 2.93. The molecule has 6 heteroatoms. The van der Waals surface area contributed by atoms with Crippen LogP contribution in [0.4, 0.5) is 13.2 Å². The van der Waals surface area contributed by atoms with E-state index in [9.17, 15) is 13.2 Å². The SMILES string of the molecule is COc1cccc(C(C(C)N)N(C)CC(F)(F)F)c1. The van der Waals surface area contributed by atoms with Crippen molar-refractivity contribution >= 4 is 0 Å². The molecule has 0 saturated heterocycles. The minimum absolute atomic E-state index is 0.431. The third-order valence-electron chi connectivity index (χ3n) is 2.84. The van der Waals surface area contributed by atoms with Gasteiger partial charge in [0, 0.05) is 12.1 Å². The van der Waals surface area contributed by atoms with Gasteiger partial charge in [-0.1, -0.05) is 12.1 Å². The van der Waals surface area contributed by atoms with Gasteiger partial charge in [0.15, 0.2) is 0 Å². The lowest BCUT2D eigenvalue weighted by molar-refractivity contribution is -0.148. The second-order valence-electron chi connectivity index (χ2n) is 4.61. The van der Waals surface area contributed by atoms with Gasteiger partial charge in [-0.15, -0.1) is 0 Å². The van der Waals surface area contributed by atoms with E-state index in [1.54, 1.807) is 31.2 Å². The van der Waals surface area contributed by atoms with Crippen LogP contribution in [0.15, 0.2) is 24.3 Å². The van der Waals surface area contributed by atoms with Crippen LogP contribution in [0, 0.1) is 0 Å². The Hall–Kier alpha value is -1.27. The highest BCUT2D eigenvalue weighted by molar-refractivity contribution is 5.31. The molecule has 0 fully saturated rings. The molecule has 0 aliphatic rings. The van der Waals surface area contributed by atoms with Gasteiger partial charge in [-0.3, -0.25) is 4.90 Å². The zero-order valence-corrected chi connectivity index (χ0v) is 11.2. The molecule has 2 atom stereocenters. The number of alkyl halides is 3. The number of likely N-dealkylation sites (N-methyl/N-ethyl adjacent to an activating group) is 1. The normalized spacial score (nSPS) is 15.4. The molecule has 2 unspecified atom stereocenters. The molecular formula is C13H19F3N2O. The molecule has 1 aromatic carbocycles. The number of methoxy groups -OCH3 is 1. The zero-order valence-electron chi connectivity index (χ0n) is 11.2. The average molecular weight is 276 g/mol. The van der Waals surface area contributed by atoms with Crippen LogP contribution in [0.3, 0.4) is 0 Å². The lowest BCUT2D eigenvalue weighted by atomic mass is 9.99. The molecule has 108 valence electrons. The third kappa shape index (κ3) is 4.72. The first-order valence-corrected chi connectivity index (χ1v) is 5.91. The number of halogens is 3. The van der Waals surface area contributed by atoms with Crippen molar-refractivity contribution in [2.45, 2.75) is 25.2 Å². The van der Waals surface area contributed by atoms with Crippen LogP contribution in [0.25, 0.3) is 0 Å². The number of benzene rings is 1. The maximum Gasteiger partial charge on any atom is 0.401 e. The summed E-state index contributed by atoms with van der Waals surface area (Å²) in [5.41, 5.74) is 6.54. The topological polar surface area (TPSA) is 38.5 Å². The summed E-state index contributed by atoms with van der Waals surface area (Å²) in [6, 6.07) is 6.00. The van der Waals surface area contributed by atoms with Crippen molar-refractivity contribution < 1.29 is 17.9 Å². The largest absolute Gasteiger partial charge is 0.497 e. The molecule has 0 aromatic heterocycles. The summed E-state index contributed by atoms with van der Waals surface area (Å²) >= 11 is 0. The van der Waals surface area contributed by atoms with Gasteiger partial charge in [0.05, 0.1) is 13.7 Å². The van der Waals surface area contributed by atoms with Gasteiger partial charge < -0.3 is 10.5 Å². The highest BCUT2D eigenvalue weighted by Gasteiger charge is 2.33. The van der Waals surface area contributed by atoms with Crippen molar-refractivity contribution in [2.24, 2.45) is 5.73 Å². The molecule has 0 aliphatic heterocycles. The van der Waals surface area contributed by atoms with E-state index < -0.39 is 24.8 Å². The number of hydrogen-bond donors (Lipinski definition) is 1. The van der Waals surface area contributed by atoms with Gasteiger partial charge in [0.1, 0.15) is 5.75 Å². The Morgan fingerprint density at radius 3 is 2.47 bits per heavy atom. The summed E-state index contributed by atoms with van der Waals surface area (Å²) in [6.07, 6.45) is -4.25. The van der Waals surface area contributed by atoms with Gasteiger partial charge in [0.25, 0.3) is 0 Å². The molecule has 0 bridgehead atoms. The summed E-state index contributed by atoms with van der Waals surface area (Å²) in [6.45, 7) is 0.688. The molecule has 0 saturated carbocycles. The van der Waals surface area contributed by atoms with Crippen LogP contribution in [0.2, 0.25) is 0 Å². The number of ether oxygens (including phenoxy) is 1. The van der Waals surface area contributed by atoms with Crippen LogP contribution in [0.1, 0.15) is 18.5 Å². The highest BCUT2D eigenvalue weighted by atomic mass is 19.4. The second-order valence-corrected chi connectivity index (χ2v) is 4.61. The van der Waals surface area contributed by atoms with Gasteiger partial charge >= 0.3 is 6.18 Å². The van der Waals surface area contributed by atoms with E-state index in [0.29, 0.717) is 11.3 Å². The van der Waals surface area contributed by atoms with Crippen molar-refractivity contribution in [3.8, 4) is 5.75 Å². The Bertz CT molecular complexity index is 407. The lowest BCUT2D eigenvalue weighted by Crippen LogP contribution is -2.41. The Morgan fingerprint density at radius 2 is 2.00 bits per heavy atom. The van der Waals surface area contributed by atoms with Gasteiger partial charge in [0.2, 0.25) is 0 Å². The minimum atomic E-state index is -4.25. The molecule has 3 nitrogen and oxygen atoms in total. The molecule has 0 spiro atoms. The fourth-order valence-electron chi connectivity index (χ4n) is 2.17. The number of hydrogen-bond acceptors (Lipinski definition) is 3. The molecular weight excluding hydrogens is 257 g/mol. The van der Waals surface area contributed by atoms with E-state index in [1.165, 1.54) is 19.1 Å². The summed E-state index contributed by atoms with van der Waals surface area (Å²) in [4.78, 5) is 1.21. The zero-order chi connectivity index (χ0) is 14.6. The average Bonchev–Trinajstić information content (AvgIpc) is 2.26. The second kappa shape index (κ2) is 6.25. The maximum atomic E-state index is 12.5. The first kappa shape index (κ1) is 15.8. The molecule has 0 aliphatic carbocycles. The van der Waals surface area contributed by atoms with Crippen molar-refractivity contribution in [1.82, 2.24) is 4.90 Å². The highest BCUT2D eigenvalue weighted by Crippen LogP contribution is 2.28. The maximum absolute atomic E-state index is 12.5. The van der Waals surface area contributed by atoms with Gasteiger partial charge in [-0.25, -0.2) is 0 Å². The fourth-order valence-corrected chi connectivity index (χ4v) is 2.17. The summed E-state index contributed by atoms with van der Waals surface area (Å²) in [5, 5.41) is 0. The van der Waals surface area contributed by atoms with Crippen molar-refractivity contribution in [3.63, 3.8) is 0 Å². The van der Waals surface area contributed by atoms with E-state index in [2.05, 4.69) is 0 Å². The predicted octanol–water partition coefficient (Wildman–Crippen LogP) is 2.58. The first-order chi connectivity index (χ1) is 8.74. The van der Waals surface area contributed by atoms with Crippen molar-refractivity contribution in [1.29, 1.82) is 0 Å². The van der Waals surface area contributed by atoms with Crippen LogP contribution in [-0.4, -0.2) is 37.8 Å². The van der Waals surface area contributed by atoms with Crippen LogP contribution in [0.5, 0.6) is 5.75 Å². The molecule has 1 aromatic rings. The molecule has 0 amide bonds. The fraction of sp³-hybridized carbons (Fsp3) is 0.538. The molecule has 0 heterocycles.